The van der Waals surface area contributed by atoms with Crippen molar-refractivity contribution >= 4 is 27.5 Å². The quantitative estimate of drug-likeness (QED) is 0.759. The average molecular weight is 447 g/mol. The van der Waals surface area contributed by atoms with Crippen LogP contribution in [0.25, 0.3) is 0 Å². The molecule has 0 aliphatic carbocycles. The molecule has 1 aliphatic heterocycles. The zero-order valence-corrected chi connectivity index (χ0v) is 16.7. The topological polar surface area (TPSA) is 66.5 Å². The van der Waals surface area contributed by atoms with Gasteiger partial charge < -0.3 is 5.32 Å². The minimum Gasteiger partial charge on any atom is -0.351 e. The number of alkyl halides is 3. The first-order valence-electron chi connectivity index (χ1n) is 8.80. The highest BCUT2D eigenvalue weighted by Crippen LogP contribution is 2.30. The van der Waals surface area contributed by atoms with E-state index < -0.39 is 33.7 Å². The Morgan fingerprint density at radius 3 is 2.52 bits per heavy atom. The SMILES string of the molecule is O=C(NCc1cccc(C(F)(F)F)c1)C1CCCN1S(=O)(=O)c1ccc(Cl)cc1. The summed E-state index contributed by atoms with van der Waals surface area (Å²) in [6.45, 7) is 0.0562. The number of hydrogen-bond donors (Lipinski definition) is 1. The molecule has 2 aromatic rings. The molecule has 0 aromatic heterocycles. The summed E-state index contributed by atoms with van der Waals surface area (Å²) in [6.07, 6.45) is -3.63. The van der Waals surface area contributed by atoms with Crippen LogP contribution in [0.5, 0.6) is 0 Å². The number of nitrogens with one attached hydrogen (secondary N) is 1. The van der Waals surface area contributed by atoms with Crippen LogP contribution >= 0.6 is 11.6 Å². The zero-order valence-electron chi connectivity index (χ0n) is 15.1. The van der Waals surface area contributed by atoms with Gasteiger partial charge in [0, 0.05) is 18.1 Å². The number of amides is 1. The predicted octanol–water partition coefficient (Wildman–Crippen LogP) is 3.83. The minimum absolute atomic E-state index is 0.0273. The van der Waals surface area contributed by atoms with Crippen LogP contribution in [0.2, 0.25) is 5.02 Å². The molecule has 0 saturated carbocycles. The minimum atomic E-state index is -4.48. The first kappa shape index (κ1) is 21.6. The fourth-order valence-corrected chi connectivity index (χ4v) is 4.98. The van der Waals surface area contributed by atoms with Crippen molar-refractivity contribution in [2.24, 2.45) is 0 Å². The maximum atomic E-state index is 12.9. The summed E-state index contributed by atoms with van der Waals surface area (Å²) < 4.78 is 65.3. The molecule has 1 atom stereocenters. The smallest absolute Gasteiger partial charge is 0.351 e. The van der Waals surface area contributed by atoms with Gasteiger partial charge in [0.1, 0.15) is 6.04 Å². The van der Waals surface area contributed by atoms with E-state index in [4.69, 9.17) is 11.6 Å². The molecule has 156 valence electrons. The predicted molar refractivity (Wildman–Crippen MR) is 102 cm³/mol. The summed E-state index contributed by atoms with van der Waals surface area (Å²) in [4.78, 5) is 12.6. The lowest BCUT2D eigenvalue weighted by Gasteiger charge is -2.23. The molecule has 2 aromatic carbocycles. The van der Waals surface area contributed by atoms with Gasteiger partial charge in [-0.3, -0.25) is 4.79 Å². The molecule has 3 rings (SSSR count). The van der Waals surface area contributed by atoms with Crippen molar-refractivity contribution in [2.45, 2.75) is 36.5 Å². The van der Waals surface area contributed by atoms with E-state index in [9.17, 15) is 26.4 Å². The van der Waals surface area contributed by atoms with Crippen LogP contribution < -0.4 is 5.32 Å². The van der Waals surface area contributed by atoms with Gasteiger partial charge in [-0.15, -0.1) is 0 Å². The molecule has 1 aliphatic rings. The van der Waals surface area contributed by atoms with Gasteiger partial charge >= 0.3 is 6.18 Å². The maximum absolute atomic E-state index is 12.9. The van der Waals surface area contributed by atoms with Crippen LogP contribution in [0.4, 0.5) is 13.2 Å². The summed E-state index contributed by atoms with van der Waals surface area (Å²) in [5, 5.41) is 2.94. The largest absolute Gasteiger partial charge is 0.416 e. The summed E-state index contributed by atoms with van der Waals surface area (Å²) >= 11 is 5.80. The van der Waals surface area contributed by atoms with Crippen molar-refractivity contribution in [3.05, 3.63) is 64.7 Å². The van der Waals surface area contributed by atoms with Crippen molar-refractivity contribution in [1.29, 1.82) is 0 Å². The van der Waals surface area contributed by atoms with Gasteiger partial charge in [-0.05, 0) is 54.8 Å². The molecule has 0 bridgehead atoms. The summed E-state index contributed by atoms with van der Waals surface area (Å²) in [5.74, 6) is -0.544. The fraction of sp³-hybridized carbons (Fsp3) is 0.316. The highest BCUT2D eigenvalue weighted by molar-refractivity contribution is 7.89. The van der Waals surface area contributed by atoms with Gasteiger partial charge in [0.2, 0.25) is 15.9 Å². The molecule has 29 heavy (non-hydrogen) atoms. The molecule has 1 fully saturated rings. The van der Waals surface area contributed by atoms with Crippen molar-refractivity contribution in [1.82, 2.24) is 9.62 Å². The Balaban J connectivity index is 1.71. The molecule has 10 heteroatoms. The average Bonchev–Trinajstić information content (AvgIpc) is 3.17. The second-order valence-corrected chi connectivity index (χ2v) is 8.97. The first-order chi connectivity index (χ1) is 13.6. The van der Waals surface area contributed by atoms with E-state index in [1.54, 1.807) is 0 Å². The van der Waals surface area contributed by atoms with Gasteiger partial charge in [-0.25, -0.2) is 8.42 Å². The van der Waals surface area contributed by atoms with Crippen molar-refractivity contribution in [3.63, 3.8) is 0 Å². The van der Waals surface area contributed by atoms with Crippen LogP contribution in [0.1, 0.15) is 24.0 Å². The lowest BCUT2D eigenvalue weighted by molar-refractivity contribution is -0.137. The van der Waals surface area contributed by atoms with E-state index in [1.165, 1.54) is 36.4 Å². The van der Waals surface area contributed by atoms with E-state index in [0.29, 0.717) is 17.9 Å². The Hall–Kier alpha value is -2.10. The third kappa shape index (κ3) is 4.91. The normalized spacial score (nSPS) is 18.0. The van der Waals surface area contributed by atoms with Gasteiger partial charge in [-0.2, -0.15) is 17.5 Å². The second kappa shape index (κ2) is 8.33. The van der Waals surface area contributed by atoms with Gasteiger partial charge in [0.15, 0.2) is 0 Å². The Morgan fingerprint density at radius 1 is 1.17 bits per heavy atom. The summed E-state index contributed by atoms with van der Waals surface area (Å²) in [5.41, 5.74) is -0.532. The second-order valence-electron chi connectivity index (χ2n) is 6.64. The zero-order chi connectivity index (χ0) is 21.2. The molecule has 0 spiro atoms. The van der Waals surface area contributed by atoms with Crippen LogP contribution in [0.15, 0.2) is 53.4 Å². The molecule has 1 saturated heterocycles. The Morgan fingerprint density at radius 2 is 1.86 bits per heavy atom. The molecule has 0 radical (unpaired) electrons. The summed E-state index contributed by atoms with van der Waals surface area (Å²) in [7, 11) is -3.89. The molecular weight excluding hydrogens is 429 g/mol. The Labute approximate surface area is 171 Å². The van der Waals surface area contributed by atoms with Gasteiger partial charge in [0.05, 0.1) is 10.5 Å². The van der Waals surface area contributed by atoms with E-state index in [0.717, 1.165) is 16.4 Å². The van der Waals surface area contributed by atoms with Gasteiger partial charge in [-0.1, -0.05) is 23.7 Å². The number of nitrogens with zero attached hydrogens (tertiary/aromatic N) is 1. The number of carbonyl (C=O) groups is 1. The number of hydrogen-bond acceptors (Lipinski definition) is 3. The Kier molecular flexibility index (Phi) is 6.21. The number of benzene rings is 2. The lowest BCUT2D eigenvalue weighted by atomic mass is 10.1. The van der Waals surface area contributed by atoms with Crippen LogP contribution in [0, 0.1) is 0 Å². The van der Waals surface area contributed by atoms with E-state index in [2.05, 4.69) is 5.32 Å². The van der Waals surface area contributed by atoms with E-state index in [-0.39, 0.29) is 23.5 Å². The van der Waals surface area contributed by atoms with Gasteiger partial charge in [0.25, 0.3) is 0 Å². The van der Waals surface area contributed by atoms with Crippen molar-refractivity contribution < 1.29 is 26.4 Å². The number of rotatable bonds is 5. The highest BCUT2D eigenvalue weighted by Gasteiger charge is 2.39. The van der Waals surface area contributed by atoms with Crippen LogP contribution in [0.3, 0.4) is 0 Å². The molecule has 1 unspecified atom stereocenters. The fourth-order valence-electron chi connectivity index (χ4n) is 3.20. The van der Waals surface area contributed by atoms with Crippen molar-refractivity contribution in [3.8, 4) is 0 Å². The first-order valence-corrected chi connectivity index (χ1v) is 10.6. The van der Waals surface area contributed by atoms with Crippen molar-refractivity contribution in [2.75, 3.05) is 6.54 Å². The molecular formula is C19H18ClF3N2O3S. The maximum Gasteiger partial charge on any atom is 0.416 e. The monoisotopic (exact) mass is 446 g/mol. The molecule has 1 amide bonds. The summed E-state index contributed by atoms with van der Waals surface area (Å²) in [6, 6.07) is 9.35. The lowest BCUT2D eigenvalue weighted by Crippen LogP contribution is -2.45. The third-order valence-electron chi connectivity index (χ3n) is 4.65. The van der Waals surface area contributed by atoms with E-state index in [1.807, 2.05) is 0 Å². The standard InChI is InChI=1S/C19H18ClF3N2O3S/c20-15-6-8-16(9-7-15)29(27,28)25-10-2-5-17(25)18(26)24-12-13-3-1-4-14(11-13)19(21,22)23/h1,3-4,6-9,11,17H,2,5,10,12H2,(H,24,26). The number of halogens is 4. The highest BCUT2D eigenvalue weighted by atomic mass is 35.5. The van der Waals surface area contributed by atoms with Crippen LogP contribution in [-0.2, 0) is 27.5 Å². The third-order valence-corrected chi connectivity index (χ3v) is 6.82. The Bertz CT molecular complexity index is 995. The molecule has 5 nitrogen and oxygen atoms in total. The number of carbonyl (C=O) groups excluding carboxylic acids is 1. The van der Waals surface area contributed by atoms with Crippen LogP contribution in [-0.4, -0.2) is 31.2 Å². The molecule has 1 heterocycles. The molecule has 1 N–H and O–H groups in total. The number of sulfonamides is 1. The van der Waals surface area contributed by atoms with E-state index >= 15 is 0 Å².